The second-order valence-corrected chi connectivity index (χ2v) is 5.23. The predicted molar refractivity (Wildman–Crippen MR) is 76.9 cm³/mol. The Morgan fingerprint density at radius 3 is 2.89 bits per heavy atom. The summed E-state index contributed by atoms with van der Waals surface area (Å²) in [7, 11) is 0. The van der Waals surface area contributed by atoms with Crippen LogP contribution in [0.1, 0.15) is 28.5 Å². The molecular formula is C15H16N2S. The first-order valence-electron chi connectivity index (χ1n) is 6.04. The van der Waals surface area contributed by atoms with Gasteiger partial charge in [0.25, 0.3) is 0 Å². The van der Waals surface area contributed by atoms with Gasteiger partial charge in [-0.05, 0) is 30.5 Å². The maximum Gasteiger partial charge on any atom is 0.100 e. The third-order valence-corrected chi connectivity index (χ3v) is 3.90. The number of thiophene rings is 1. The number of rotatable bonds is 4. The van der Waals surface area contributed by atoms with Crippen molar-refractivity contribution in [2.24, 2.45) is 0 Å². The highest BCUT2D eigenvalue weighted by Crippen LogP contribution is 2.23. The Kier molecular flexibility index (Phi) is 4.01. The second kappa shape index (κ2) is 5.70. The molecule has 92 valence electrons. The van der Waals surface area contributed by atoms with Crippen LogP contribution in [0.5, 0.6) is 0 Å². The first kappa shape index (κ1) is 12.7. The first-order chi connectivity index (χ1) is 8.74. The predicted octanol–water partition coefficient (Wildman–Crippen LogP) is 4.10. The van der Waals surface area contributed by atoms with Crippen molar-refractivity contribution in [1.82, 2.24) is 0 Å². The Labute approximate surface area is 112 Å². The van der Waals surface area contributed by atoms with E-state index < -0.39 is 0 Å². The Morgan fingerprint density at radius 1 is 1.39 bits per heavy atom. The van der Waals surface area contributed by atoms with Crippen LogP contribution in [0.2, 0.25) is 0 Å². The number of nitriles is 1. The molecule has 0 atom stereocenters. The summed E-state index contributed by atoms with van der Waals surface area (Å²) in [5, 5.41) is 14.2. The highest BCUT2D eigenvalue weighted by atomic mass is 32.1. The van der Waals surface area contributed by atoms with E-state index in [2.05, 4.69) is 43.4 Å². The number of benzene rings is 1. The van der Waals surface area contributed by atoms with Crippen LogP contribution in [0, 0.1) is 18.3 Å². The van der Waals surface area contributed by atoms with E-state index in [9.17, 15) is 0 Å². The molecule has 0 spiro atoms. The Bertz CT molecular complexity index is 578. The molecule has 0 amide bonds. The molecule has 3 heteroatoms. The zero-order valence-corrected chi connectivity index (χ0v) is 11.5. The molecule has 1 heterocycles. The summed E-state index contributed by atoms with van der Waals surface area (Å²) in [6.45, 7) is 5.07. The lowest BCUT2D eigenvalue weighted by Crippen LogP contribution is -2.02. The first-order valence-corrected chi connectivity index (χ1v) is 6.92. The monoisotopic (exact) mass is 256 g/mol. The fourth-order valence-electron chi connectivity index (χ4n) is 1.98. The molecule has 0 aliphatic heterocycles. The van der Waals surface area contributed by atoms with E-state index in [1.54, 1.807) is 11.3 Å². The Morgan fingerprint density at radius 2 is 2.22 bits per heavy atom. The van der Waals surface area contributed by atoms with Crippen molar-refractivity contribution in [3.8, 4) is 6.07 Å². The lowest BCUT2D eigenvalue weighted by molar-refractivity contribution is 1.09. The molecule has 2 nitrogen and oxygen atoms in total. The third kappa shape index (κ3) is 2.72. The summed E-state index contributed by atoms with van der Waals surface area (Å²) in [5.41, 5.74) is 4.59. The standard InChI is InChI=1S/C15H16N2S/c1-3-13-6-4-5-11(2)15(13)17-9-14-7-12(8-16)10-18-14/h4-7,10,17H,3,9H2,1-2H3. The van der Waals surface area contributed by atoms with Gasteiger partial charge in [-0.25, -0.2) is 0 Å². The molecule has 0 unspecified atom stereocenters. The minimum absolute atomic E-state index is 0.747. The van der Waals surface area contributed by atoms with Gasteiger partial charge in [-0.1, -0.05) is 25.1 Å². The summed E-state index contributed by atoms with van der Waals surface area (Å²) >= 11 is 1.63. The van der Waals surface area contributed by atoms with Crippen molar-refractivity contribution in [1.29, 1.82) is 5.26 Å². The van der Waals surface area contributed by atoms with E-state index in [4.69, 9.17) is 5.26 Å². The van der Waals surface area contributed by atoms with Gasteiger partial charge < -0.3 is 5.32 Å². The minimum atomic E-state index is 0.747. The highest BCUT2D eigenvalue weighted by Gasteiger charge is 2.05. The molecule has 0 saturated carbocycles. The zero-order valence-electron chi connectivity index (χ0n) is 10.7. The molecule has 1 aromatic carbocycles. The number of nitrogens with zero attached hydrogens (tertiary/aromatic N) is 1. The van der Waals surface area contributed by atoms with Crippen molar-refractivity contribution in [2.45, 2.75) is 26.8 Å². The van der Waals surface area contributed by atoms with Crippen LogP contribution in [-0.2, 0) is 13.0 Å². The van der Waals surface area contributed by atoms with Gasteiger partial charge in [-0.2, -0.15) is 5.26 Å². The van der Waals surface area contributed by atoms with Crippen LogP contribution >= 0.6 is 11.3 Å². The van der Waals surface area contributed by atoms with Crippen LogP contribution in [0.4, 0.5) is 5.69 Å². The molecular weight excluding hydrogens is 240 g/mol. The van der Waals surface area contributed by atoms with E-state index >= 15 is 0 Å². The van der Waals surface area contributed by atoms with E-state index in [0.717, 1.165) is 18.5 Å². The Hall–Kier alpha value is -1.79. The highest BCUT2D eigenvalue weighted by molar-refractivity contribution is 7.10. The van der Waals surface area contributed by atoms with Crippen LogP contribution in [0.15, 0.2) is 29.6 Å². The molecule has 2 aromatic rings. The van der Waals surface area contributed by atoms with Gasteiger partial charge >= 0.3 is 0 Å². The van der Waals surface area contributed by atoms with Crippen molar-refractivity contribution in [3.05, 3.63) is 51.2 Å². The number of hydrogen-bond donors (Lipinski definition) is 1. The lowest BCUT2D eigenvalue weighted by atomic mass is 10.1. The Balaban J connectivity index is 2.13. The average molecular weight is 256 g/mol. The second-order valence-electron chi connectivity index (χ2n) is 4.23. The van der Waals surface area contributed by atoms with Gasteiger partial charge in [0.05, 0.1) is 5.56 Å². The fourth-order valence-corrected chi connectivity index (χ4v) is 2.73. The molecule has 0 fully saturated rings. The summed E-state index contributed by atoms with van der Waals surface area (Å²) in [4.78, 5) is 1.19. The topological polar surface area (TPSA) is 35.8 Å². The van der Waals surface area contributed by atoms with Crippen molar-refractivity contribution in [3.63, 3.8) is 0 Å². The fraction of sp³-hybridized carbons (Fsp3) is 0.267. The van der Waals surface area contributed by atoms with Crippen molar-refractivity contribution >= 4 is 17.0 Å². The largest absolute Gasteiger partial charge is 0.380 e. The zero-order chi connectivity index (χ0) is 13.0. The number of aryl methyl sites for hydroxylation is 2. The quantitative estimate of drug-likeness (QED) is 0.893. The van der Waals surface area contributed by atoms with Crippen LogP contribution in [0.25, 0.3) is 0 Å². The van der Waals surface area contributed by atoms with Crippen LogP contribution in [-0.4, -0.2) is 0 Å². The molecule has 18 heavy (non-hydrogen) atoms. The summed E-state index contributed by atoms with van der Waals surface area (Å²) < 4.78 is 0. The van der Waals surface area contributed by atoms with Gasteiger partial charge in [0.2, 0.25) is 0 Å². The molecule has 1 aromatic heterocycles. The summed E-state index contributed by atoms with van der Waals surface area (Å²) in [6.07, 6.45) is 1.03. The normalized spacial score (nSPS) is 10.1. The van der Waals surface area contributed by atoms with Crippen molar-refractivity contribution in [2.75, 3.05) is 5.32 Å². The number of para-hydroxylation sites is 1. The van der Waals surface area contributed by atoms with E-state index in [1.807, 2.05) is 11.4 Å². The van der Waals surface area contributed by atoms with Crippen LogP contribution < -0.4 is 5.32 Å². The van der Waals surface area contributed by atoms with Crippen LogP contribution in [0.3, 0.4) is 0 Å². The molecule has 0 saturated heterocycles. The maximum atomic E-state index is 8.80. The van der Waals surface area contributed by atoms with Gasteiger partial charge in [-0.3, -0.25) is 0 Å². The minimum Gasteiger partial charge on any atom is -0.380 e. The lowest BCUT2D eigenvalue weighted by Gasteiger charge is -2.13. The number of anilines is 1. The van der Waals surface area contributed by atoms with Gasteiger partial charge in [0, 0.05) is 22.5 Å². The number of hydrogen-bond acceptors (Lipinski definition) is 3. The van der Waals surface area contributed by atoms with Gasteiger partial charge in [0.1, 0.15) is 6.07 Å². The molecule has 0 aliphatic carbocycles. The SMILES string of the molecule is CCc1cccc(C)c1NCc1cc(C#N)cs1. The summed E-state index contributed by atoms with van der Waals surface area (Å²) in [6, 6.07) is 10.5. The van der Waals surface area contributed by atoms with E-state index in [0.29, 0.717) is 0 Å². The smallest absolute Gasteiger partial charge is 0.100 e. The molecule has 0 aliphatic rings. The van der Waals surface area contributed by atoms with E-state index in [1.165, 1.54) is 21.7 Å². The van der Waals surface area contributed by atoms with Gasteiger partial charge in [0.15, 0.2) is 0 Å². The average Bonchev–Trinajstić information content (AvgIpc) is 2.85. The molecule has 1 N–H and O–H groups in total. The maximum absolute atomic E-state index is 8.80. The third-order valence-electron chi connectivity index (χ3n) is 2.96. The molecule has 0 radical (unpaired) electrons. The van der Waals surface area contributed by atoms with Gasteiger partial charge in [-0.15, -0.1) is 11.3 Å². The van der Waals surface area contributed by atoms with E-state index in [-0.39, 0.29) is 0 Å². The molecule has 2 rings (SSSR count). The number of nitrogens with one attached hydrogen (secondary N) is 1. The van der Waals surface area contributed by atoms with Crippen molar-refractivity contribution < 1.29 is 0 Å². The molecule has 0 bridgehead atoms. The summed E-state index contributed by atoms with van der Waals surface area (Å²) in [5.74, 6) is 0.